The first-order valence-electron chi connectivity index (χ1n) is 3.59. The Kier molecular flexibility index (Phi) is 2.38. The average molecular weight is 162 g/mol. The van der Waals surface area contributed by atoms with Crippen LogP contribution in [0.3, 0.4) is 0 Å². The fraction of sp³-hybridized carbons (Fsp3) is 0.222. The molecule has 0 radical (unpaired) electrons. The van der Waals surface area contributed by atoms with Crippen LogP contribution in [-0.4, -0.2) is 11.6 Å². The Balaban J connectivity index is 2.93. The SMILES string of the molecule is CC1(N)C=CC=C(N=C=O)C=C1. The third-order valence-electron chi connectivity index (χ3n) is 1.51. The minimum atomic E-state index is -0.462. The molecule has 0 aromatic rings. The number of hydrogen-bond donors (Lipinski definition) is 1. The fourth-order valence-corrected chi connectivity index (χ4v) is 0.857. The Morgan fingerprint density at radius 2 is 2.33 bits per heavy atom. The molecule has 0 aliphatic heterocycles. The van der Waals surface area contributed by atoms with Gasteiger partial charge in [-0.05, 0) is 19.1 Å². The first kappa shape index (κ1) is 8.65. The molecule has 1 aliphatic rings. The lowest BCUT2D eigenvalue weighted by atomic mass is 10.0. The minimum absolute atomic E-state index is 0.462. The molecular weight excluding hydrogens is 152 g/mol. The van der Waals surface area contributed by atoms with Crippen LogP contribution < -0.4 is 5.73 Å². The lowest BCUT2D eigenvalue weighted by Crippen LogP contribution is -2.30. The maximum atomic E-state index is 9.92. The molecule has 12 heavy (non-hydrogen) atoms. The van der Waals surface area contributed by atoms with Gasteiger partial charge in [0.1, 0.15) is 0 Å². The van der Waals surface area contributed by atoms with E-state index in [0.717, 1.165) is 0 Å². The quantitative estimate of drug-likeness (QED) is 0.462. The molecule has 0 fully saturated rings. The highest BCUT2D eigenvalue weighted by Gasteiger charge is 2.10. The van der Waals surface area contributed by atoms with Crippen molar-refractivity contribution >= 4 is 6.08 Å². The predicted octanol–water partition coefficient (Wildman–Crippen LogP) is 1.05. The molecule has 0 aromatic carbocycles. The average Bonchev–Trinajstić information content (AvgIpc) is 2.14. The van der Waals surface area contributed by atoms with E-state index in [1.54, 1.807) is 24.3 Å². The molecule has 1 aliphatic carbocycles. The van der Waals surface area contributed by atoms with Crippen LogP contribution in [0.2, 0.25) is 0 Å². The van der Waals surface area contributed by atoms with E-state index in [-0.39, 0.29) is 0 Å². The standard InChI is InChI=1S/C9H10N2O/c1-9(10)5-2-3-8(4-6-9)11-7-12/h2-6H,10H2,1H3. The Morgan fingerprint density at radius 1 is 1.58 bits per heavy atom. The summed E-state index contributed by atoms with van der Waals surface area (Å²) < 4.78 is 0. The van der Waals surface area contributed by atoms with Crippen LogP contribution in [0.25, 0.3) is 0 Å². The molecule has 1 rings (SSSR count). The molecular formula is C9H10N2O. The Hall–Kier alpha value is -1.44. The highest BCUT2D eigenvalue weighted by atomic mass is 16.1. The lowest BCUT2D eigenvalue weighted by Gasteiger charge is -2.12. The van der Waals surface area contributed by atoms with E-state index in [1.807, 2.05) is 13.0 Å². The van der Waals surface area contributed by atoms with Crippen molar-refractivity contribution in [2.45, 2.75) is 12.5 Å². The summed E-state index contributed by atoms with van der Waals surface area (Å²) in [6, 6.07) is 0. The lowest BCUT2D eigenvalue weighted by molar-refractivity contribution is 0.565. The van der Waals surface area contributed by atoms with Crippen molar-refractivity contribution in [3.63, 3.8) is 0 Å². The third kappa shape index (κ3) is 2.31. The first-order valence-corrected chi connectivity index (χ1v) is 3.59. The number of carbonyl (C=O) groups excluding carboxylic acids is 1. The van der Waals surface area contributed by atoms with E-state index in [9.17, 15) is 4.79 Å². The Bertz CT molecular complexity index is 304. The fourth-order valence-electron chi connectivity index (χ4n) is 0.857. The van der Waals surface area contributed by atoms with Gasteiger partial charge >= 0.3 is 0 Å². The predicted molar refractivity (Wildman–Crippen MR) is 47.1 cm³/mol. The summed E-state index contributed by atoms with van der Waals surface area (Å²) in [7, 11) is 0. The molecule has 1 atom stereocenters. The molecule has 0 amide bonds. The molecule has 0 saturated heterocycles. The van der Waals surface area contributed by atoms with E-state index in [2.05, 4.69) is 4.99 Å². The van der Waals surface area contributed by atoms with Crippen molar-refractivity contribution in [3.05, 3.63) is 36.1 Å². The molecule has 0 spiro atoms. The second-order valence-electron chi connectivity index (χ2n) is 2.85. The highest BCUT2D eigenvalue weighted by Crippen LogP contribution is 2.11. The van der Waals surface area contributed by atoms with E-state index in [1.165, 1.54) is 6.08 Å². The van der Waals surface area contributed by atoms with Crippen LogP contribution in [0.4, 0.5) is 0 Å². The summed E-state index contributed by atoms with van der Waals surface area (Å²) >= 11 is 0. The monoisotopic (exact) mass is 162 g/mol. The molecule has 0 heterocycles. The van der Waals surface area contributed by atoms with E-state index in [0.29, 0.717) is 5.70 Å². The van der Waals surface area contributed by atoms with Crippen molar-refractivity contribution in [2.75, 3.05) is 0 Å². The first-order chi connectivity index (χ1) is 5.64. The summed E-state index contributed by atoms with van der Waals surface area (Å²) in [5.41, 5.74) is 5.89. The van der Waals surface area contributed by atoms with Gasteiger partial charge in [-0.2, -0.15) is 4.99 Å². The Morgan fingerprint density at radius 3 is 3.00 bits per heavy atom. The molecule has 1 unspecified atom stereocenters. The summed E-state index contributed by atoms with van der Waals surface area (Å²) in [5.74, 6) is 0. The van der Waals surface area contributed by atoms with Crippen LogP contribution in [0.15, 0.2) is 41.1 Å². The van der Waals surface area contributed by atoms with Crippen LogP contribution >= 0.6 is 0 Å². The topological polar surface area (TPSA) is 55.4 Å². The van der Waals surface area contributed by atoms with Gasteiger partial charge < -0.3 is 5.73 Å². The van der Waals surface area contributed by atoms with Gasteiger partial charge in [-0.1, -0.05) is 18.2 Å². The van der Waals surface area contributed by atoms with Crippen LogP contribution in [0.1, 0.15) is 6.92 Å². The van der Waals surface area contributed by atoms with E-state index < -0.39 is 5.54 Å². The van der Waals surface area contributed by atoms with Crippen LogP contribution in [0.5, 0.6) is 0 Å². The summed E-state index contributed by atoms with van der Waals surface area (Å²) in [5, 5.41) is 0. The molecule has 3 heteroatoms. The smallest absolute Gasteiger partial charge is 0.240 e. The van der Waals surface area contributed by atoms with Crippen LogP contribution in [-0.2, 0) is 4.79 Å². The summed E-state index contributed by atoms with van der Waals surface area (Å²) in [6.45, 7) is 1.86. The van der Waals surface area contributed by atoms with Gasteiger partial charge in [0, 0.05) is 0 Å². The van der Waals surface area contributed by atoms with Gasteiger partial charge in [0.2, 0.25) is 6.08 Å². The second kappa shape index (κ2) is 3.30. The number of rotatable bonds is 1. The number of nitrogens with two attached hydrogens (primary N) is 1. The Labute approximate surface area is 71.0 Å². The zero-order valence-corrected chi connectivity index (χ0v) is 6.82. The molecule has 62 valence electrons. The number of allylic oxidation sites excluding steroid dienone is 3. The number of hydrogen-bond acceptors (Lipinski definition) is 3. The van der Waals surface area contributed by atoms with E-state index in [4.69, 9.17) is 5.73 Å². The number of isocyanates is 1. The maximum Gasteiger partial charge on any atom is 0.240 e. The number of aliphatic imine (C=N–C) groups is 1. The van der Waals surface area contributed by atoms with Crippen LogP contribution in [0, 0.1) is 0 Å². The zero-order chi connectivity index (χ0) is 9.03. The summed E-state index contributed by atoms with van der Waals surface area (Å²) in [4.78, 5) is 13.4. The van der Waals surface area contributed by atoms with Crippen molar-refractivity contribution in [2.24, 2.45) is 10.7 Å². The van der Waals surface area contributed by atoms with Crippen molar-refractivity contribution in [1.82, 2.24) is 0 Å². The van der Waals surface area contributed by atoms with Gasteiger partial charge in [0.05, 0.1) is 11.2 Å². The van der Waals surface area contributed by atoms with Gasteiger partial charge in [0.25, 0.3) is 0 Å². The number of nitrogens with zero attached hydrogens (tertiary/aromatic N) is 1. The van der Waals surface area contributed by atoms with Crippen molar-refractivity contribution < 1.29 is 4.79 Å². The van der Waals surface area contributed by atoms with Crippen molar-refractivity contribution in [1.29, 1.82) is 0 Å². The highest BCUT2D eigenvalue weighted by molar-refractivity contribution is 5.42. The minimum Gasteiger partial charge on any atom is -0.319 e. The van der Waals surface area contributed by atoms with Gasteiger partial charge in [-0.25, -0.2) is 4.79 Å². The zero-order valence-electron chi connectivity index (χ0n) is 6.82. The molecule has 2 N–H and O–H groups in total. The molecule has 0 saturated carbocycles. The largest absolute Gasteiger partial charge is 0.319 e. The second-order valence-corrected chi connectivity index (χ2v) is 2.85. The summed E-state index contributed by atoms with van der Waals surface area (Å²) in [6.07, 6.45) is 10.3. The molecule has 3 nitrogen and oxygen atoms in total. The maximum absolute atomic E-state index is 9.92. The van der Waals surface area contributed by atoms with Gasteiger partial charge in [0.15, 0.2) is 0 Å². The molecule has 0 bridgehead atoms. The third-order valence-corrected chi connectivity index (χ3v) is 1.51. The van der Waals surface area contributed by atoms with Gasteiger partial charge in [-0.15, -0.1) is 0 Å². The van der Waals surface area contributed by atoms with E-state index >= 15 is 0 Å². The molecule has 0 aromatic heterocycles. The normalized spacial score (nSPS) is 27.3. The van der Waals surface area contributed by atoms with Gasteiger partial charge in [-0.3, -0.25) is 0 Å². The van der Waals surface area contributed by atoms with Crippen molar-refractivity contribution in [3.8, 4) is 0 Å².